The first-order valence-corrected chi connectivity index (χ1v) is 16.5. The minimum Gasteiger partial charge on any atom is -0.366 e. The quantitative estimate of drug-likeness (QED) is 0.248. The average Bonchev–Trinajstić information content (AvgIpc) is 3.68. The van der Waals surface area contributed by atoms with E-state index in [4.69, 9.17) is 5.73 Å². The molecule has 3 amide bonds. The number of pyridine rings is 1. The van der Waals surface area contributed by atoms with Gasteiger partial charge in [0.1, 0.15) is 11.3 Å². The second-order valence-corrected chi connectivity index (χ2v) is 13.7. The van der Waals surface area contributed by atoms with Gasteiger partial charge in [-0.25, -0.2) is 35.3 Å². The zero-order chi connectivity index (χ0) is 32.7. The summed E-state index contributed by atoms with van der Waals surface area (Å²) in [6, 6.07) is 7.63. The number of anilines is 1. The highest BCUT2D eigenvalue weighted by molar-refractivity contribution is 7.90. The number of benzene rings is 2. The molecule has 1 aliphatic heterocycles. The number of aryl methyl sites for hydroxylation is 1. The fourth-order valence-electron chi connectivity index (χ4n) is 6.26. The molecule has 2 fully saturated rings. The topological polar surface area (TPSA) is 139 Å². The van der Waals surface area contributed by atoms with Gasteiger partial charge in [0.25, 0.3) is 15.9 Å². The molecule has 2 atom stereocenters. The second kappa shape index (κ2) is 12.3. The molecule has 14 heteroatoms. The Morgan fingerprint density at radius 1 is 0.957 bits per heavy atom. The van der Waals surface area contributed by atoms with E-state index in [1.54, 1.807) is 24.0 Å². The molecule has 242 valence electrons. The minimum absolute atomic E-state index is 0.128. The Morgan fingerprint density at radius 3 is 2.35 bits per heavy atom. The van der Waals surface area contributed by atoms with Crippen molar-refractivity contribution in [2.45, 2.75) is 62.4 Å². The summed E-state index contributed by atoms with van der Waals surface area (Å²) in [6.45, 7) is 3.19. The number of amides is 3. The monoisotopic (exact) mass is 654 g/mol. The first-order chi connectivity index (χ1) is 21.9. The van der Waals surface area contributed by atoms with Gasteiger partial charge in [0.2, 0.25) is 0 Å². The Labute approximate surface area is 263 Å². The highest BCUT2D eigenvalue weighted by Gasteiger charge is 2.30. The third-order valence-corrected chi connectivity index (χ3v) is 10.3. The number of primary amides is 1. The number of nitrogens with two attached hydrogens (primary N) is 1. The molecule has 4 aromatic rings. The van der Waals surface area contributed by atoms with Crippen LogP contribution in [0.3, 0.4) is 0 Å². The number of carbonyl (C=O) groups is 2. The molecule has 1 saturated heterocycles. The summed E-state index contributed by atoms with van der Waals surface area (Å²) in [6.07, 6.45) is 5.60. The summed E-state index contributed by atoms with van der Waals surface area (Å²) >= 11 is 0. The van der Waals surface area contributed by atoms with Crippen molar-refractivity contribution in [2.24, 2.45) is 5.73 Å². The highest BCUT2D eigenvalue weighted by Crippen LogP contribution is 2.37. The van der Waals surface area contributed by atoms with Crippen molar-refractivity contribution in [3.8, 4) is 11.3 Å². The third-order valence-electron chi connectivity index (χ3n) is 8.60. The molecule has 1 saturated carbocycles. The Hall–Kier alpha value is -4.59. The lowest BCUT2D eigenvalue weighted by atomic mass is 9.91. The van der Waals surface area contributed by atoms with E-state index in [-0.39, 0.29) is 45.5 Å². The lowest BCUT2D eigenvalue weighted by Gasteiger charge is -2.32. The number of aromatic nitrogens is 2. The van der Waals surface area contributed by atoms with E-state index in [9.17, 15) is 22.4 Å². The predicted octanol–water partition coefficient (Wildman–Crippen LogP) is 5.29. The van der Waals surface area contributed by atoms with Crippen LogP contribution in [0.15, 0.2) is 53.6 Å². The molecule has 10 nitrogen and oxygen atoms in total. The van der Waals surface area contributed by atoms with Gasteiger partial charge >= 0.3 is 6.03 Å². The Kier molecular flexibility index (Phi) is 8.40. The van der Waals surface area contributed by atoms with Gasteiger partial charge in [0.15, 0.2) is 17.5 Å². The van der Waals surface area contributed by atoms with E-state index in [0.717, 1.165) is 49.6 Å². The van der Waals surface area contributed by atoms with Crippen LogP contribution in [0.25, 0.3) is 22.2 Å². The maximum absolute atomic E-state index is 15.4. The number of hydrogen-bond acceptors (Lipinski definition) is 6. The van der Waals surface area contributed by atoms with E-state index >= 15 is 8.78 Å². The van der Waals surface area contributed by atoms with Gasteiger partial charge in [-0.2, -0.15) is 0 Å². The molecule has 0 spiro atoms. The maximum atomic E-state index is 15.4. The van der Waals surface area contributed by atoms with E-state index in [2.05, 4.69) is 15.6 Å². The fraction of sp³-hybridized carbons (Fsp3) is 0.344. The Morgan fingerprint density at radius 2 is 1.65 bits per heavy atom. The molecule has 1 aliphatic carbocycles. The Balaban J connectivity index is 1.40. The molecular weight excluding hydrogens is 621 g/mol. The molecule has 2 aromatic heterocycles. The van der Waals surface area contributed by atoms with Crippen molar-refractivity contribution in [3.63, 3.8) is 0 Å². The summed E-state index contributed by atoms with van der Waals surface area (Å²) in [5, 5.41) is 5.91. The molecule has 0 radical (unpaired) electrons. The summed E-state index contributed by atoms with van der Waals surface area (Å²) in [4.78, 5) is 31.1. The van der Waals surface area contributed by atoms with Crippen LogP contribution < -0.4 is 16.4 Å². The van der Waals surface area contributed by atoms with Crippen LogP contribution >= 0.6 is 0 Å². The van der Waals surface area contributed by atoms with Gasteiger partial charge in [-0.3, -0.25) is 4.79 Å². The second-order valence-electron chi connectivity index (χ2n) is 11.9. The van der Waals surface area contributed by atoms with Gasteiger partial charge in [0, 0.05) is 48.4 Å². The van der Waals surface area contributed by atoms with Crippen molar-refractivity contribution in [1.29, 1.82) is 0 Å². The van der Waals surface area contributed by atoms with Crippen LogP contribution in [-0.4, -0.2) is 59.4 Å². The van der Waals surface area contributed by atoms with Crippen LogP contribution in [0.1, 0.15) is 54.4 Å². The molecule has 2 aliphatic rings. The van der Waals surface area contributed by atoms with Gasteiger partial charge in [0.05, 0.1) is 16.2 Å². The largest absolute Gasteiger partial charge is 0.366 e. The van der Waals surface area contributed by atoms with Crippen LogP contribution in [0, 0.1) is 24.4 Å². The maximum Gasteiger partial charge on any atom is 0.317 e. The lowest BCUT2D eigenvalue weighted by Crippen LogP contribution is -2.47. The molecule has 6 rings (SSSR count). The smallest absolute Gasteiger partial charge is 0.317 e. The summed E-state index contributed by atoms with van der Waals surface area (Å²) in [7, 11) is -4.42. The van der Waals surface area contributed by atoms with Crippen molar-refractivity contribution in [2.75, 3.05) is 18.4 Å². The number of nitrogens with one attached hydrogen (secondary N) is 2. The average molecular weight is 655 g/mol. The summed E-state index contributed by atoms with van der Waals surface area (Å²) < 4.78 is 73.5. The predicted molar refractivity (Wildman–Crippen MR) is 166 cm³/mol. The first-order valence-electron chi connectivity index (χ1n) is 15.1. The van der Waals surface area contributed by atoms with Crippen LogP contribution in [0.2, 0.25) is 0 Å². The van der Waals surface area contributed by atoms with Crippen molar-refractivity contribution in [3.05, 3.63) is 77.2 Å². The SMILES string of the molecule is Cc1ccc(S(=O)(=O)n2cc(-c3nc(NC4CCCC(NC(=O)N5CCCC5)C4)c(F)cc3C(N)=O)c3cc(F)cc(F)c32)cc1. The lowest BCUT2D eigenvalue weighted by molar-refractivity contribution is 0.1000. The number of fused-ring (bicyclic) bond motifs is 1. The number of rotatable bonds is 7. The normalized spacial score (nSPS) is 18.6. The van der Waals surface area contributed by atoms with Crippen molar-refractivity contribution >= 4 is 38.7 Å². The van der Waals surface area contributed by atoms with Gasteiger partial charge < -0.3 is 21.3 Å². The number of likely N-dealkylation sites (tertiary alicyclic amines) is 1. The van der Waals surface area contributed by atoms with E-state index in [1.807, 2.05) is 0 Å². The zero-order valence-electron chi connectivity index (χ0n) is 25.0. The van der Waals surface area contributed by atoms with E-state index in [1.165, 1.54) is 12.1 Å². The van der Waals surface area contributed by atoms with Gasteiger partial charge in [-0.05, 0) is 69.7 Å². The van der Waals surface area contributed by atoms with Crippen molar-refractivity contribution < 1.29 is 31.2 Å². The molecule has 46 heavy (non-hydrogen) atoms. The molecule has 0 bridgehead atoms. The minimum atomic E-state index is -4.42. The van der Waals surface area contributed by atoms with Crippen LogP contribution in [0.4, 0.5) is 23.8 Å². The third kappa shape index (κ3) is 6.00. The van der Waals surface area contributed by atoms with E-state index < -0.39 is 44.5 Å². The number of hydrogen-bond donors (Lipinski definition) is 3. The summed E-state index contributed by atoms with van der Waals surface area (Å²) in [5.41, 5.74) is 5.12. The van der Waals surface area contributed by atoms with Gasteiger partial charge in [-0.1, -0.05) is 17.7 Å². The van der Waals surface area contributed by atoms with Crippen LogP contribution in [-0.2, 0) is 10.0 Å². The number of urea groups is 1. The van der Waals surface area contributed by atoms with Crippen molar-refractivity contribution in [1.82, 2.24) is 19.2 Å². The standard InChI is InChI=1S/C32H33F3N6O4S/c1-18-7-9-22(10-8-18)46(44,45)41-17-25(23-13-19(33)14-26(34)29(23)41)28-24(30(36)42)16-27(35)31(39-28)37-20-5-4-6-21(15-20)38-32(43)40-11-2-3-12-40/h7-10,13-14,16-17,20-21H,2-6,11-12,15H2,1H3,(H2,36,42)(H,37,39)(H,38,43). The molecule has 4 N–H and O–H groups in total. The molecular formula is C32H33F3N6O4S. The van der Waals surface area contributed by atoms with Gasteiger partial charge in [-0.15, -0.1) is 0 Å². The molecule has 3 heterocycles. The zero-order valence-corrected chi connectivity index (χ0v) is 25.8. The highest BCUT2D eigenvalue weighted by atomic mass is 32.2. The number of nitrogens with zero attached hydrogens (tertiary/aromatic N) is 3. The Bertz CT molecular complexity index is 1940. The first kappa shape index (κ1) is 31.4. The van der Waals surface area contributed by atoms with E-state index in [0.29, 0.717) is 36.0 Å². The summed E-state index contributed by atoms with van der Waals surface area (Å²) in [5.74, 6) is -4.39. The molecule has 2 unspecified atom stereocenters. The van der Waals surface area contributed by atoms with Crippen LogP contribution in [0.5, 0.6) is 0 Å². The number of halogens is 3. The number of carbonyl (C=O) groups excluding carboxylic acids is 2. The molecule has 2 aromatic carbocycles. The fourth-order valence-corrected chi connectivity index (χ4v) is 7.64.